The Kier molecular flexibility index (Phi) is 3.59. The molecule has 0 heterocycles. The third kappa shape index (κ3) is 2.67. The summed E-state index contributed by atoms with van der Waals surface area (Å²) in [5.41, 5.74) is 1.94. The summed E-state index contributed by atoms with van der Waals surface area (Å²) in [5.74, 6) is 1.50. The van der Waals surface area contributed by atoms with Gasteiger partial charge in [-0.2, -0.15) is 0 Å². The van der Waals surface area contributed by atoms with E-state index in [2.05, 4.69) is 38.2 Å². The van der Waals surface area contributed by atoms with E-state index in [1.54, 1.807) is 0 Å². The standard InChI is InChI=1S/C21H28ClNO/c1-19(2,3)16-6-4-5-7-17(16)23-18(24)20-9-14-8-15(10-20)12-21(22,11-14)13-20/h4-7,14-15H,8-13H2,1-3H3,(H,23,24). The molecule has 0 aliphatic heterocycles. The zero-order valence-electron chi connectivity index (χ0n) is 15.0. The molecule has 1 aromatic rings. The van der Waals surface area contributed by atoms with Crippen molar-refractivity contribution in [2.24, 2.45) is 17.3 Å². The SMILES string of the molecule is CC(C)(C)c1ccccc1NC(=O)C12CC3CC(CC(Cl)(C3)C1)C2. The number of hydrogen-bond acceptors (Lipinski definition) is 1. The molecular weight excluding hydrogens is 318 g/mol. The molecule has 0 aromatic heterocycles. The molecular formula is C21H28ClNO. The van der Waals surface area contributed by atoms with Crippen LogP contribution in [-0.2, 0) is 10.2 Å². The predicted octanol–water partition coefficient (Wildman–Crippen LogP) is 5.50. The van der Waals surface area contributed by atoms with Crippen molar-refractivity contribution in [1.29, 1.82) is 0 Å². The third-order valence-corrected chi connectivity index (χ3v) is 6.90. The average Bonchev–Trinajstić information content (AvgIpc) is 2.44. The van der Waals surface area contributed by atoms with Crippen LogP contribution in [0.4, 0.5) is 5.69 Å². The number of benzene rings is 1. The number of amides is 1. The van der Waals surface area contributed by atoms with Gasteiger partial charge in [-0.15, -0.1) is 11.6 Å². The predicted molar refractivity (Wildman–Crippen MR) is 99.5 cm³/mol. The van der Waals surface area contributed by atoms with Gasteiger partial charge in [0.15, 0.2) is 0 Å². The first-order valence-corrected chi connectivity index (χ1v) is 9.67. The van der Waals surface area contributed by atoms with Crippen molar-refractivity contribution < 1.29 is 4.79 Å². The highest BCUT2D eigenvalue weighted by Crippen LogP contribution is 2.64. The van der Waals surface area contributed by atoms with Gasteiger partial charge in [0.25, 0.3) is 0 Å². The number of anilines is 1. The minimum Gasteiger partial charge on any atom is -0.325 e. The molecule has 1 aromatic carbocycles. The Labute approximate surface area is 150 Å². The fourth-order valence-electron chi connectivity index (χ4n) is 5.92. The van der Waals surface area contributed by atoms with E-state index < -0.39 is 0 Å². The van der Waals surface area contributed by atoms with Crippen molar-refractivity contribution in [1.82, 2.24) is 0 Å². The van der Waals surface area contributed by atoms with Crippen LogP contribution >= 0.6 is 11.6 Å². The lowest BCUT2D eigenvalue weighted by molar-refractivity contribution is -0.138. The van der Waals surface area contributed by atoms with Crippen LogP contribution in [0.5, 0.6) is 0 Å². The first kappa shape index (κ1) is 16.4. The third-order valence-electron chi connectivity index (χ3n) is 6.45. The molecule has 0 radical (unpaired) electrons. The van der Waals surface area contributed by atoms with Crippen LogP contribution in [0.1, 0.15) is 64.9 Å². The van der Waals surface area contributed by atoms with Gasteiger partial charge in [-0.25, -0.2) is 0 Å². The van der Waals surface area contributed by atoms with Gasteiger partial charge in [0, 0.05) is 10.6 Å². The Balaban J connectivity index is 1.62. The molecule has 3 heteroatoms. The van der Waals surface area contributed by atoms with Crippen LogP contribution in [-0.4, -0.2) is 10.8 Å². The molecule has 4 saturated carbocycles. The second-order valence-electron chi connectivity index (χ2n) is 9.64. The molecule has 4 bridgehead atoms. The molecule has 2 atom stereocenters. The number of para-hydroxylation sites is 1. The van der Waals surface area contributed by atoms with Crippen molar-refractivity contribution in [3.8, 4) is 0 Å². The highest BCUT2D eigenvalue weighted by molar-refractivity contribution is 6.24. The normalized spacial score (nSPS) is 37.5. The molecule has 0 saturated heterocycles. The van der Waals surface area contributed by atoms with Crippen LogP contribution < -0.4 is 5.32 Å². The average molecular weight is 346 g/mol. The number of rotatable bonds is 2. The molecule has 2 unspecified atom stereocenters. The van der Waals surface area contributed by atoms with E-state index in [1.165, 1.54) is 12.0 Å². The van der Waals surface area contributed by atoms with Gasteiger partial charge >= 0.3 is 0 Å². The van der Waals surface area contributed by atoms with Gasteiger partial charge in [-0.05, 0) is 67.4 Å². The van der Waals surface area contributed by atoms with Gasteiger partial charge in [0.2, 0.25) is 5.91 Å². The molecule has 130 valence electrons. The maximum atomic E-state index is 13.3. The maximum absolute atomic E-state index is 13.3. The lowest BCUT2D eigenvalue weighted by Gasteiger charge is -2.59. The number of carbonyl (C=O) groups excluding carboxylic acids is 1. The van der Waals surface area contributed by atoms with Crippen LogP contribution in [0.3, 0.4) is 0 Å². The fraction of sp³-hybridized carbons (Fsp3) is 0.667. The smallest absolute Gasteiger partial charge is 0.230 e. The van der Waals surface area contributed by atoms with E-state index in [4.69, 9.17) is 11.6 Å². The second-order valence-corrected chi connectivity index (χ2v) is 10.4. The summed E-state index contributed by atoms with van der Waals surface area (Å²) in [7, 11) is 0. The maximum Gasteiger partial charge on any atom is 0.230 e. The van der Waals surface area contributed by atoms with E-state index in [9.17, 15) is 4.79 Å². The van der Waals surface area contributed by atoms with Crippen molar-refractivity contribution in [3.05, 3.63) is 29.8 Å². The Bertz CT molecular complexity index is 661. The first-order chi connectivity index (χ1) is 11.2. The van der Waals surface area contributed by atoms with Gasteiger partial charge in [-0.3, -0.25) is 4.79 Å². The Morgan fingerprint density at radius 2 is 1.75 bits per heavy atom. The van der Waals surface area contributed by atoms with Crippen LogP contribution in [0.25, 0.3) is 0 Å². The van der Waals surface area contributed by atoms with Crippen molar-refractivity contribution in [2.75, 3.05) is 5.32 Å². The Hall–Kier alpha value is -1.02. The van der Waals surface area contributed by atoms with Crippen molar-refractivity contribution in [3.63, 3.8) is 0 Å². The zero-order valence-corrected chi connectivity index (χ0v) is 15.7. The number of alkyl halides is 1. The highest BCUT2D eigenvalue weighted by atomic mass is 35.5. The van der Waals surface area contributed by atoms with Gasteiger partial charge in [0.05, 0.1) is 5.41 Å². The molecule has 4 aliphatic rings. The minimum absolute atomic E-state index is 0.0129. The first-order valence-electron chi connectivity index (χ1n) is 9.29. The molecule has 5 rings (SSSR count). The van der Waals surface area contributed by atoms with E-state index >= 15 is 0 Å². The summed E-state index contributed by atoms with van der Waals surface area (Å²) in [4.78, 5) is 13.2. The van der Waals surface area contributed by atoms with E-state index in [0.717, 1.165) is 37.8 Å². The summed E-state index contributed by atoms with van der Waals surface area (Å²) < 4.78 is 0. The quantitative estimate of drug-likeness (QED) is 0.704. The van der Waals surface area contributed by atoms with E-state index in [0.29, 0.717) is 11.8 Å². The second kappa shape index (κ2) is 5.24. The van der Waals surface area contributed by atoms with Crippen LogP contribution in [0, 0.1) is 17.3 Å². The molecule has 24 heavy (non-hydrogen) atoms. The Morgan fingerprint density at radius 3 is 2.33 bits per heavy atom. The number of hydrogen-bond donors (Lipinski definition) is 1. The lowest BCUT2D eigenvalue weighted by Crippen LogP contribution is -2.57. The van der Waals surface area contributed by atoms with Gasteiger partial charge < -0.3 is 5.32 Å². The number of carbonyl (C=O) groups is 1. The molecule has 4 fully saturated rings. The van der Waals surface area contributed by atoms with Crippen molar-refractivity contribution >= 4 is 23.2 Å². The van der Waals surface area contributed by atoms with Crippen LogP contribution in [0.2, 0.25) is 0 Å². The largest absolute Gasteiger partial charge is 0.325 e. The minimum atomic E-state index is -0.239. The number of nitrogens with one attached hydrogen (secondary N) is 1. The van der Waals surface area contributed by atoms with Crippen LogP contribution in [0.15, 0.2) is 24.3 Å². The van der Waals surface area contributed by atoms with E-state index in [-0.39, 0.29) is 21.6 Å². The topological polar surface area (TPSA) is 29.1 Å². The van der Waals surface area contributed by atoms with Gasteiger partial charge in [0.1, 0.15) is 0 Å². The summed E-state index contributed by atoms with van der Waals surface area (Å²) in [6.07, 6.45) is 6.42. The summed E-state index contributed by atoms with van der Waals surface area (Å²) in [6, 6.07) is 8.22. The summed E-state index contributed by atoms with van der Waals surface area (Å²) in [6.45, 7) is 6.57. The molecule has 4 aliphatic carbocycles. The van der Waals surface area contributed by atoms with Crippen molar-refractivity contribution in [2.45, 2.75) is 69.6 Å². The van der Waals surface area contributed by atoms with Gasteiger partial charge in [-0.1, -0.05) is 39.0 Å². The fourth-order valence-corrected chi connectivity index (χ4v) is 6.61. The molecule has 1 amide bonds. The van der Waals surface area contributed by atoms with E-state index in [1.807, 2.05) is 12.1 Å². The number of halogens is 1. The molecule has 0 spiro atoms. The highest BCUT2D eigenvalue weighted by Gasteiger charge is 2.60. The summed E-state index contributed by atoms with van der Waals surface area (Å²) in [5, 5.41) is 3.29. The zero-order chi connectivity index (χ0) is 17.2. The Morgan fingerprint density at radius 1 is 1.12 bits per heavy atom. The summed E-state index contributed by atoms with van der Waals surface area (Å²) >= 11 is 6.89. The molecule has 1 N–H and O–H groups in total. The lowest BCUT2D eigenvalue weighted by atomic mass is 9.49. The monoisotopic (exact) mass is 345 g/mol. The molecule has 2 nitrogen and oxygen atoms in total.